The van der Waals surface area contributed by atoms with Crippen LogP contribution in [0.2, 0.25) is 0 Å². The third-order valence-corrected chi connectivity index (χ3v) is 2.22. The van der Waals surface area contributed by atoms with Crippen LogP contribution >= 0.6 is 0 Å². The minimum Gasteiger partial charge on any atom is -0.331 e. The standard InChI is InChI=1S/C14H14N2O/c1-3-8-16(9-4-2)14(17)13-7-5-6-12(10-13)11-15/h3-7,10H,1-2,8-9H2. The van der Waals surface area contributed by atoms with Gasteiger partial charge in [-0.2, -0.15) is 5.26 Å². The van der Waals surface area contributed by atoms with Crippen LogP contribution in [0.5, 0.6) is 0 Å². The molecule has 0 spiro atoms. The Morgan fingerprint density at radius 1 is 1.35 bits per heavy atom. The molecule has 0 aliphatic rings. The third kappa shape index (κ3) is 3.32. The van der Waals surface area contributed by atoms with Crippen molar-refractivity contribution < 1.29 is 4.79 Å². The maximum atomic E-state index is 12.1. The molecule has 0 aromatic heterocycles. The largest absolute Gasteiger partial charge is 0.331 e. The SMILES string of the molecule is C=CCN(CC=C)C(=O)c1cccc(C#N)c1. The van der Waals surface area contributed by atoms with Crippen molar-refractivity contribution in [3.63, 3.8) is 0 Å². The first kappa shape index (κ1) is 12.7. The molecule has 0 aliphatic carbocycles. The normalized spacial score (nSPS) is 9.12. The Balaban J connectivity index is 2.96. The van der Waals surface area contributed by atoms with E-state index in [0.717, 1.165) is 0 Å². The highest BCUT2D eigenvalue weighted by Gasteiger charge is 2.13. The Hall–Kier alpha value is -2.34. The number of nitriles is 1. The van der Waals surface area contributed by atoms with Gasteiger partial charge in [-0.25, -0.2) is 0 Å². The van der Waals surface area contributed by atoms with Gasteiger partial charge in [0, 0.05) is 18.7 Å². The van der Waals surface area contributed by atoms with Gasteiger partial charge >= 0.3 is 0 Å². The molecule has 0 atom stereocenters. The fourth-order valence-corrected chi connectivity index (χ4v) is 1.46. The topological polar surface area (TPSA) is 44.1 Å². The van der Waals surface area contributed by atoms with E-state index >= 15 is 0 Å². The number of amides is 1. The summed E-state index contributed by atoms with van der Waals surface area (Å²) in [4.78, 5) is 13.7. The minimum atomic E-state index is -0.123. The fourth-order valence-electron chi connectivity index (χ4n) is 1.46. The van der Waals surface area contributed by atoms with Gasteiger partial charge in [0.1, 0.15) is 0 Å². The van der Waals surface area contributed by atoms with Gasteiger partial charge in [0.25, 0.3) is 5.91 Å². The summed E-state index contributed by atoms with van der Waals surface area (Å²) in [5, 5.41) is 8.78. The first-order valence-corrected chi connectivity index (χ1v) is 5.24. The van der Waals surface area contributed by atoms with Crippen LogP contribution in [0.15, 0.2) is 49.6 Å². The molecule has 0 saturated carbocycles. The number of hydrogen-bond acceptors (Lipinski definition) is 2. The fraction of sp³-hybridized carbons (Fsp3) is 0.143. The van der Waals surface area contributed by atoms with Gasteiger partial charge in [0.2, 0.25) is 0 Å². The summed E-state index contributed by atoms with van der Waals surface area (Å²) in [6, 6.07) is 8.66. The van der Waals surface area contributed by atoms with Crippen molar-refractivity contribution in [2.45, 2.75) is 0 Å². The Labute approximate surface area is 101 Å². The van der Waals surface area contributed by atoms with Crippen molar-refractivity contribution in [2.24, 2.45) is 0 Å². The number of hydrogen-bond donors (Lipinski definition) is 0. The van der Waals surface area contributed by atoms with Gasteiger partial charge in [0.05, 0.1) is 11.6 Å². The van der Waals surface area contributed by atoms with E-state index in [-0.39, 0.29) is 5.91 Å². The maximum absolute atomic E-state index is 12.1. The van der Waals surface area contributed by atoms with E-state index in [9.17, 15) is 4.79 Å². The van der Waals surface area contributed by atoms with Crippen molar-refractivity contribution in [3.8, 4) is 6.07 Å². The molecule has 0 unspecified atom stereocenters. The van der Waals surface area contributed by atoms with Gasteiger partial charge in [-0.1, -0.05) is 18.2 Å². The lowest BCUT2D eigenvalue weighted by Crippen LogP contribution is -2.31. The zero-order valence-electron chi connectivity index (χ0n) is 9.60. The van der Waals surface area contributed by atoms with Crippen molar-refractivity contribution in [1.29, 1.82) is 5.26 Å². The van der Waals surface area contributed by atoms with Crippen molar-refractivity contribution >= 4 is 5.91 Å². The Morgan fingerprint density at radius 3 is 2.53 bits per heavy atom. The number of benzene rings is 1. The van der Waals surface area contributed by atoms with E-state index < -0.39 is 0 Å². The lowest BCUT2D eigenvalue weighted by atomic mass is 10.1. The second-order valence-corrected chi connectivity index (χ2v) is 3.48. The highest BCUT2D eigenvalue weighted by Crippen LogP contribution is 2.08. The molecule has 0 radical (unpaired) electrons. The summed E-state index contributed by atoms with van der Waals surface area (Å²) in [6.07, 6.45) is 3.32. The van der Waals surface area contributed by atoms with E-state index in [1.54, 1.807) is 41.3 Å². The van der Waals surface area contributed by atoms with E-state index in [1.807, 2.05) is 6.07 Å². The number of carbonyl (C=O) groups is 1. The van der Waals surface area contributed by atoms with Crippen LogP contribution in [0.4, 0.5) is 0 Å². The van der Waals surface area contributed by atoms with Crippen LogP contribution in [0.3, 0.4) is 0 Å². The average molecular weight is 226 g/mol. The lowest BCUT2D eigenvalue weighted by molar-refractivity contribution is 0.0791. The highest BCUT2D eigenvalue weighted by atomic mass is 16.2. The number of nitrogens with zero attached hydrogens (tertiary/aromatic N) is 2. The number of rotatable bonds is 5. The molecule has 1 rings (SSSR count). The minimum absolute atomic E-state index is 0.123. The maximum Gasteiger partial charge on any atom is 0.254 e. The second-order valence-electron chi connectivity index (χ2n) is 3.48. The first-order chi connectivity index (χ1) is 8.22. The van der Waals surface area contributed by atoms with E-state index in [2.05, 4.69) is 13.2 Å². The predicted molar refractivity (Wildman–Crippen MR) is 67.5 cm³/mol. The highest BCUT2D eigenvalue weighted by molar-refractivity contribution is 5.94. The molecule has 0 N–H and O–H groups in total. The molecule has 3 nitrogen and oxygen atoms in total. The predicted octanol–water partition coefficient (Wildman–Crippen LogP) is 2.37. The molecule has 0 fully saturated rings. The van der Waals surface area contributed by atoms with Crippen LogP contribution in [0, 0.1) is 11.3 Å². The monoisotopic (exact) mass is 226 g/mol. The van der Waals surface area contributed by atoms with Crippen molar-refractivity contribution in [3.05, 3.63) is 60.7 Å². The van der Waals surface area contributed by atoms with Gasteiger partial charge in [-0.15, -0.1) is 13.2 Å². The molecule has 86 valence electrons. The zero-order chi connectivity index (χ0) is 12.7. The van der Waals surface area contributed by atoms with Crippen LogP contribution in [-0.4, -0.2) is 23.9 Å². The summed E-state index contributed by atoms with van der Waals surface area (Å²) >= 11 is 0. The van der Waals surface area contributed by atoms with E-state index in [0.29, 0.717) is 24.2 Å². The van der Waals surface area contributed by atoms with Crippen LogP contribution in [0.1, 0.15) is 15.9 Å². The van der Waals surface area contributed by atoms with Gasteiger partial charge < -0.3 is 4.90 Å². The van der Waals surface area contributed by atoms with E-state index in [1.165, 1.54) is 0 Å². The van der Waals surface area contributed by atoms with Gasteiger partial charge in [0.15, 0.2) is 0 Å². The van der Waals surface area contributed by atoms with Gasteiger partial charge in [-0.3, -0.25) is 4.79 Å². The molecular weight excluding hydrogens is 212 g/mol. The van der Waals surface area contributed by atoms with Crippen molar-refractivity contribution in [1.82, 2.24) is 4.90 Å². The van der Waals surface area contributed by atoms with Crippen LogP contribution in [0.25, 0.3) is 0 Å². The first-order valence-electron chi connectivity index (χ1n) is 5.24. The van der Waals surface area contributed by atoms with Crippen LogP contribution in [-0.2, 0) is 0 Å². The Kier molecular flexibility index (Phi) is 4.71. The second kappa shape index (κ2) is 6.29. The summed E-state index contributed by atoms with van der Waals surface area (Å²) < 4.78 is 0. The molecule has 1 aromatic carbocycles. The number of carbonyl (C=O) groups excluding carboxylic acids is 1. The molecule has 0 bridgehead atoms. The smallest absolute Gasteiger partial charge is 0.254 e. The van der Waals surface area contributed by atoms with Crippen LogP contribution < -0.4 is 0 Å². The molecule has 1 aromatic rings. The zero-order valence-corrected chi connectivity index (χ0v) is 9.60. The Bertz CT molecular complexity index is 461. The molecule has 0 aliphatic heterocycles. The molecule has 0 heterocycles. The third-order valence-electron chi connectivity index (χ3n) is 2.22. The Morgan fingerprint density at radius 2 is 2.00 bits per heavy atom. The summed E-state index contributed by atoms with van der Waals surface area (Å²) in [6.45, 7) is 8.14. The molecule has 0 saturated heterocycles. The summed E-state index contributed by atoms with van der Waals surface area (Å²) in [7, 11) is 0. The molecule has 17 heavy (non-hydrogen) atoms. The van der Waals surface area contributed by atoms with Gasteiger partial charge in [-0.05, 0) is 18.2 Å². The average Bonchev–Trinajstić information content (AvgIpc) is 2.38. The molecular formula is C14H14N2O. The summed E-state index contributed by atoms with van der Waals surface area (Å²) in [5.41, 5.74) is 0.987. The molecule has 1 amide bonds. The summed E-state index contributed by atoms with van der Waals surface area (Å²) in [5.74, 6) is -0.123. The quantitative estimate of drug-likeness (QED) is 0.723. The molecule has 3 heteroatoms. The lowest BCUT2D eigenvalue weighted by Gasteiger charge is -2.19. The van der Waals surface area contributed by atoms with Crippen molar-refractivity contribution in [2.75, 3.05) is 13.1 Å². The van der Waals surface area contributed by atoms with E-state index in [4.69, 9.17) is 5.26 Å².